The predicted octanol–water partition coefficient (Wildman–Crippen LogP) is 5.36. The van der Waals surface area contributed by atoms with E-state index >= 15 is 0 Å². The molecule has 166 valence electrons. The fourth-order valence-electron chi connectivity index (χ4n) is 3.72. The highest BCUT2D eigenvalue weighted by Gasteiger charge is 2.27. The summed E-state index contributed by atoms with van der Waals surface area (Å²) in [6.07, 6.45) is 2.60. The molecule has 0 spiro atoms. The maximum Gasteiger partial charge on any atom is 0.270 e. The zero-order valence-corrected chi connectivity index (χ0v) is 18.8. The van der Waals surface area contributed by atoms with E-state index in [2.05, 4.69) is 31.1 Å². The Morgan fingerprint density at radius 3 is 2.45 bits per heavy atom. The number of rotatable bonds is 6. The van der Waals surface area contributed by atoms with E-state index in [1.807, 2.05) is 13.8 Å². The Kier molecular flexibility index (Phi) is 6.34. The second-order valence-corrected chi connectivity index (χ2v) is 8.91. The van der Waals surface area contributed by atoms with Gasteiger partial charge in [-0.15, -0.1) is 0 Å². The van der Waals surface area contributed by atoms with Gasteiger partial charge in [0.1, 0.15) is 23.9 Å². The van der Waals surface area contributed by atoms with Gasteiger partial charge in [0, 0.05) is 12.2 Å². The van der Waals surface area contributed by atoms with Crippen LogP contribution in [0.2, 0.25) is 0 Å². The van der Waals surface area contributed by atoms with Crippen molar-refractivity contribution in [2.45, 2.75) is 60.6 Å². The van der Waals surface area contributed by atoms with Crippen molar-refractivity contribution < 1.29 is 18.3 Å². The molecular weight excluding hydrogens is 400 g/mol. The number of carbonyl (C=O) groups is 1. The molecule has 0 saturated heterocycles. The molecule has 3 rings (SSSR count). The number of aryl methyl sites for hydroxylation is 2. The molecule has 0 radical (unpaired) electrons. The average Bonchev–Trinajstić information content (AvgIpc) is 3.00. The van der Waals surface area contributed by atoms with Crippen LogP contribution in [0.15, 0.2) is 30.5 Å². The fraction of sp³-hybridized carbons (Fsp3) is 0.417. The van der Waals surface area contributed by atoms with Gasteiger partial charge in [-0.05, 0) is 49.4 Å². The molecule has 1 amide bonds. The van der Waals surface area contributed by atoms with Crippen molar-refractivity contribution in [1.29, 1.82) is 0 Å². The Hall–Kier alpha value is -2.96. The minimum absolute atomic E-state index is 0.00508. The number of ether oxygens (including phenoxy) is 1. The highest BCUT2D eigenvalue weighted by molar-refractivity contribution is 5.95. The highest BCUT2D eigenvalue weighted by Crippen LogP contribution is 2.27. The summed E-state index contributed by atoms with van der Waals surface area (Å²) in [7, 11) is 0. The third-order valence-electron chi connectivity index (χ3n) is 5.41. The lowest BCUT2D eigenvalue weighted by Gasteiger charge is -2.30. The summed E-state index contributed by atoms with van der Waals surface area (Å²) in [5.74, 6) is -1.21. The summed E-state index contributed by atoms with van der Waals surface area (Å²) >= 11 is 0. The second kappa shape index (κ2) is 8.65. The molecule has 0 bridgehead atoms. The van der Waals surface area contributed by atoms with Crippen molar-refractivity contribution in [3.63, 3.8) is 0 Å². The van der Waals surface area contributed by atoms with Crippen molar-refractivity contribution in [1.82, 2.24) is 14.7 Å². The quantitative estimate of drug-likeness (QED) is 0.574. The topological polar surface area (TPSA) is 55.6 Å². The molecule has 1 N–H and O–H groups in total. The number of hydrogen-bond acceptors (Lipinski definition) is 3. The molecule has 31 heavy (non-hydrogen) atoms. The van der Waals surface area contributed by atoms with E-state index in [9.17, 15) is 13.6 Å². The number of nitrogens with one attached hydrogen (secondary N) is 1. The van der Waals surface area contributed by atoms with E-state index in [1.165, 1.54) is 18.2 Å². The number of carbonyl (C=O) groups excluding carboxylic acids is 1. The van der Waals surface area contributed by atoms with Gasteiger partial charge in [0.25, 0.3) is 5.91 Å². The Balaban J connectivity index is 1.97. The third-order valence-corrected chi connectivity index (χ3v) is 5.41. The van der Waals surface area contributed by atoms with Crippen LogP contribution in [0.1, 0.15) is 61.4 Å². The van der Waals surface area contributed by atoms with Crippen LogP contribution in [0.3, 0.4) is 0 Å². The second-order valence-electron chi connectivity index (χ2n) is 8.91. The van der Waals surface area contributed by atoms with Crippen LogP contribution in [-0.4, -0.2) is 21.3 Å². The first-order chi connectivity index (χ1) is 14.5. The Morgan fingerprint density at radius 1 is 1.23 bits per heavy atom. The van der Waals surface area contributed by atoms with Gasteiger partial charge < -0.3 is 10.1 Å². The van der Waals surface area contributed by atoms with Gasteiger partial charge in [0.2, 0.25) is 0 Å². The first-order valence-corrected chi connectivity index (χ1v) is 10.4. The summed E-state index contributed by atoms with van der Waals surface area (Å²) in [6, 6.07) is 5.42. The number of amides is 1. The summed E-state index contributed by atoms with van der Waals surface area (Å²) in [4.78, 5) is 17.7. The standard InChI is InChI=1S/C24H29F2N3O2/c1-7-20(24(4,5)6)28-23(30)21-15(3)27-22-19(11-14(2)12-29(21)22)31-13-16-17(25)9-8-10-18(16)26/h8-12,20H,7,13H2,1-6H3,(H,28,30). The molecule has 1 unspecified atom stereocenters. The third kappa shape index (κ3) is 4.70. The first kappa shape index (κ1) is 22.7. The van der Waals surface area contributed by atoms with E-state index in [1.54, 1.807) is 23.6 Å². The van der Waals surface area contributed by atoms with Gasteiger partial charge in [-0.2, -0.15) is 0 Å². The van der Waals surface area contributed by atoms with Crippen molar-refractivity contribution >= 4 is 11.6 Å². The van der Waals surface area contributed by atoms with Crippen molar-refractivity contribution in [3.05, 3.63) is 64.6 Å². The SMILES string of the molecule is CCC(NC(=O)c1c(C)nc2c(OCc3c(F)cccc3F)cc(C)cn12)C(C)(C)C. The van der Waals surface area contributed by atoms with Crippen molar-refractivity contribution in [2.75, 3.05) is 0 Å². The Labute approximate surface area is 181 Å². The van der Waals surface area contributed by atoms with E-state index in [0.29, 0.717) is 22.8 Å². The molecule has 7 heteroatoms. The van der Waals surface area contributed by atoms with E-state index in [-0.39, 0.29) is 29.5 Å². The number of imidazole rings is 1. The van der Waals surface area contributed by atoms with E-state index in [4.69, 9.17) is 4.74 Å². The van der Waals surface area contributed by atoms with Crippen LogP contribution < -0.4 is 10.1 Å². The molecule has 0 aliphatic carbocycles. The molecule has 2 aromatic heterocycles. The minimum atomic E-state index is -0.670. The molecular formula is C24H29F2N3O2. The van der Waals surface area contributed by atoms with Gasteiger partial charge >= 0.3 is 0 Å². The zero-order chi connectivity index (χ0) is 22.9. The van der Waals surface area contributed by atoms with E-state index in [0.717, 1.165) is 12.0 Å². The number of nitrogens with zero attached hydrogens (tertiary/aromatic N) is 2. The largest absolute Gasteiger partial charge is 0.485 e. The van der Waals surface area contributed by atoms with Gasteiger partial charge in [0.05, 0.1) is 11.3 Å². The van der Waals surface area contributed by atoms with Crippen LogP contribution >= 0.6 is 0 Å². The van der Waals surface area contributed by atoms with Crippen LogP contribution in [0.5, 0.6) is 5.75 Å². The molecule has 1 atom stereocenters. The normalized spacial score (nSPS) is 12.8. The maximum absolute atomic E-state index is 14.0. The summed E-state index contributed by atoms with van der Waals surface area (Å²) in [6.45, 7) is 11.6. The summed E-state index contributed by atoms with van der Waals surface area (Å²) in [5, 5.41) is 3.11. The van der Waals surface area contributed by atoms with Gasteiger partial charge in [-0.3, -0.25) is 9.20 Å². The molecule has 2 heterocycles. The van der Waals surface area contributed by atoms with Gasteiger partial charge in [-0.1, -0.05) is 33.8 Å². The van der Waals surface area contributed by atoms with Crippen LogP contribution in [0.4, 0.5) is 8.78 Å². The number of fused-ring (bicyclic) bond motifs is 1. The van der Waals surface area contributed by atoms with Gasteiger partial charge in [-0.25, -0.2) is 13.8 Å². The van der Waals surface area contributed by atoms with Crippen LogP contribution in [-0.2, 0) is 6.61 Å². The molecule has 5 nitrogen and oxygen atoms in total. The lowest BCUT2D eigenvalue weighted by molar-refractivity contribution is 0.0893. The lowest BCUT2D eigenvalue weighted by atomic mass is 9.85. The number of pyridine rings is 1. The van der Waals surface area contributed by atoms with Crippen molar-refractivity contribution in [3.8, 4) is 5.75 Å². The molecule has 0 fully saturated rings. The first-order valence-electron chi connectivity index (χ1n) is 10.4. The molecule has 3 aromatic rings. The van der Waals surface area contributed by atoms with Crippen molar-refractivity contribution in [2.24, 2.45) is 5.41 Å². The Bertz CT molecular complexity index is 1100. The van der Waals surface area contributed by atoms with Crippen LogP contribution in [0, 0.1) is 30.9 Å². The number of aromatic nitrogens is 2. The maximum atomic E-state index is 14.0. The smallest absolute Gasteiger partial charge is 0.270 e. The summed E-state index contributed by atoms with van der Waals surface area (Å²) < 4.78 is 35.4. The zero-order valence-electron chi connectivity index (χ0n) is 18.8. The molecule has 0 saturated carbocycles. The number of benzene rings is 1. The predicted molar refractivity (Wildman–Crippen MR) is 116 cm³/mol. The highest BCUT2D eigenvalue weighted by atomic mass is 19.1. The average molecular weight is 430 g/mol. The minimum Gasteiger partial charge on any atom is -0.485 e. The number of halogens is 2. The van der Waals surface area contributed by atoms with Crippen LogP contribution in [0.25, 0.3) is 5.65 Å². The molecule has 0 aliphatic heterocycles. The lowest BCUT2D eigenvalue weighted by Crippen LogP contribution is -2.43. The number of hydrogen-bond donors (Lipinski definition) is 1. The Morgan fingerprint density at radius 2 is 1.87 bits per heavy atom. The summed E-state index contributed by atoms with van der Waals surface area (Å²) in [5.41, 5.74) is 1.98. The molecule has 1 aromatic carbocycles. The fourth-order valence-corrected chi connectivity index (χ4v) is 3.72. The monoisotopic (exact) mass is 429 g/mol. The molecule has 0 aliphatic rings. The van der Waals surface area contributed by atoms with E-state index < -0.39 is 11.6 Å². The van der Waals surface area contributed by atoms with Gasteiger partial charge in [0.15, 0.2) is 11.4 Å².